The van der Waals surface area contributed by atoms with E-state index in [0.717, 1.165) is 19.4 Å². The summed E-state index contributed by atoms with van der Waals surface area (Å²) in [6, 6.07) is 1.73. The molecule has 0 amide bonds. The van der Waals surface area contributed by atoms with Crippen molar-refractivity contribution in [2.75, 3.05) is 20.1 Å². The minimum atomic E-state index is -3.42. The predicted molar refractivity (Wildman–Crippen MR) is 64.0 cm³/mol. The summed E-state index contributed by atoms with van der Waals surface area (Å²) in [5, 5.41) is 9.65. The normalized spacial score (nSPS) is 21.9. The van der Waals surface area contributed by atoms with Gasteiger partial charge in [0.05, 0.1) is 6.20 Å². The first-order valence-corrected chi connectivity index (χ1v) is 7.24. The first-order chi connectivity index (χ1) is 8.10. The highest BCUT2D eigenvalue weighted by Crippen LogP contribution is 2.14. The third kappa shape index (κ3) is 2.85. The number of H-pyrrole nitrogens is 1. The van der Waals surface area contributed by atoms with Crippen LogP contribution in [0.4, 0.5) is 0 Å². The van der Waals surface area contributed by atoms with Gasteiger partial charge in [-0.2, -0.15) is 9.40 Å². The van der Waals surface area contributed by atoms with E-state index >= 15 is 0 Å². The number of aromatic nitrogens is 2. The van der Waals surface area contributed by atoms with Gasteiger partial charge in [0.15, 0.2) is 5.03 Å². The van der Waals surface area contributed by atoms with Crippen LogP contribution in [0.15, 0.2) is 17.3 Å². The fourth-order valence-corrected chi connectivity index (χ4v) is 3.16. The van der Waals surface area contributed by atoms with Crippen LogP contribution in [0.3, 0.4) is 0 Å². The predicted octanol–water partition coefficient (Wildman–Crippen LogP) is 0.172. The van der Waals surface area contributed by atoms with Crippen molar-refractivity contribution >= 4 is 10.0 Å². The molecule has 1 aromatic rings. The lowest BCUT2D eigenvalue weighted by atomic mass is 10.1. The molecule has 0 aromatic carbocycles. The third-order valence-corrected chi connectivity index (χ3v) is 4.81. The maximum atomic E-state index is 12.1. The number of nitrogens with one attached hydrogen (secondary N) is 2. The number of aromatic amines is 1. The molecule has 1 aromatic heterocycles. The van der Waals surface area contributed by atoms with E-state index in [1.807, 2.05) is 0 Å². The maximum Gasteiger partial charge on any atom is 0.259 e. The van der Waals surface area contributed by atoms with Crippen molar-refractivity contribution in [1.29, 1.82) is 0 Å². The fraction of sp³-hybridized carbons (Fsp3) is 0.700. The summed E-state index contributed by atoms with van der Waals surface area (Å²) in [7, 11) is -1.82. The Morgan fingerprint density at radius 1 is 1.53 bits per heavy atom. The Hall–Kier alpha value is -0.920. The molecule has 1 aliphatic heterocycles. The zero-order valence-corrected chi connectivity index (χ0v) is 10.7. The molecule has 0 bridgehead atoms. The van der Waals surface area contributed by atoms with Gasteiger partial charge in [0.25, 0.3) is 10.0 Å². The zero-order chi connectivity index (χ0) is 12.3. The Bertz CT molecular complexity index is 437. The molecule has 1 unspecified atom stereocenters. The van der Waals surface area contributed by atoms with Crippen LogP contribution in [-0.2, 0) is 10.0 Å². The Morgan fingerprint density at radius 3 is 2.94 bits per heavy atom. The van der Waals surface area contributed by atoms with Crippen molar-refractivity contribution in [1.82, 2.24) is 19.8 Å². The molecule has 0 radical (unpaired) electrons. The number of likely N-dealkylation sites (N-methyl/N-ethyl adjacent to an activating group) is 1. The van der Waals surface area contributed by atoms with E-state index in [1.165, 1.54) is 23.0 Å². The lowest BCUT2D eigenvalue weighted by molar-refractivity contribution is 0.337. The summed E-state index contributed by atoms with van der Waals surface area (Å²) in [5.41, 5.74) is 0. The van der Waals surface area contributed by atoms with Crippen molar-refractivity contribution in [2.45, 2.75) is 30.3 Å². The number of hydrogen-bond acceptors (Lipinski definition) is 4. The molecule has 0 spiro atoms. The standard InChI is InChI=1S/C10H18N4O2S/c1-14(8-9-4-2-3-6-11-9)17(15,16)10-5-7-12-13-10/h5,7,9,11H,2-4,6,8H2,1H3,(H,12,13). The monoisotopic (exact) mass is 258 g/mol. The molecule has 0 aliphatic carbocycles. The van der Waals surface area contributed by atoms with Gasteiger partial charge in [-0.3, -0.25) is 5.10 Å². The van der Waals surface area contributed by atoms with Crippen LogP contribution in [0.25, 0.3) is 0 Å². The van der Waals surface area contributed by atoms with Crippen LogP contribution in [-0.4, -0.2) is 49.1 Å². The molecule has 1 fully saturated rings. The molecule has 0 saturated carbocycles. The molecule has 1 aliphatic rings. The van der Waals surface area contributed by atoms with Crippen LogP contribution in [0.1, 0.15) is 19.3 Å². The third-order valence-electron chi connectivity index (χ3n) is 3.05. The average Bonchev–Trinajstić information content (AvgIpc) is 2.84. The van der Waals surface area contributed by atoms with Crippen LogP contribution >= 0.6 is 0 Å². The van der Waals surface area contributed by atoms with Crippen molar-refractivity contribution in [3.8, 4) is 0 Å². The maximum absolute atomic E-state index is 12.1. The highest BCUT2D eigenvalue weighted by Gasteiger charge is 2.25. The topological polar surface area (TPSA) is 78.1 Å². The van der Waals surface area contributed by atoms with E-state index in [4.69, 9.17) is 0 Å². The van der Waals surface area contributed by atoms with E-state index in [9.17, 15) is 8.42 Å². The smallest absolute Gasteiger partial charge is 0.259 e. The molecule has 2 heterocycles. The van der Waals surface area contributed by atoms with Crippen LogP contribution in [0.2, 0.25) is 0 Å². The summed E-state index contributed by atoms with van der Waals surface area (Å²) >= 11 is 0. The van der Waals surface area contributed by atoms with E-state index in [2.05, 4.69) is 15.5 Å². The number of nitrogens with zero attached hydrogens (tertiary/aromatic N) is 2. The Labute approximate surface area is 101 Å². The minimum Gasteiger partial charge on any atom is -0.313 e. The fourth-order valence-electron chi connectivity index (χ4n) is 2.04. The first kappa shape index (κ1) is 12.5. The van der Waals surface area contributed by atoms with Gasteiger partial charge in [0.2, 0.25) is 0 Å². The summed E-state index contributed by atoms with van der Waals surface area (Å²) in [6.45, 7) is 1.48. The van der Waals surface area contributed by atoms with Gasteiger partial charge in [-0.15, -0.1) is 0 Å². The molecule has 17 heavy (non-hydrogen) atoms. The van der Waals surface area contributed by atoms with Crippen LogP contribution in [0, 0.1) is 0 Å². The van der Waals surface area contributed by atoms with Crippen molar-refractivity contribution in [3.05, 3.63) is 12.3 Å². The number of piperidine rings is 1. The Balaban J connectivity index is 2.01. The van der Waals surface area contributed by atoms with Gasteiger partial charge >= 0.3 is 0 Å². The van der Waals surface area contributed by atoms with Crippen LogP contribution in [0.5, 0.6) is 0 Å². The second-order valence-corrected chi connectivity index (χ2v) is 6.37. The summed E-state index contributed by atoms with van der Waals surface area (Å²) < 4.78 is 25.6. The van der Waals surface area contributed by atoms with Gasteiger partial charge in [0.1, 0.15) is 0 Å². The van der Waals surface area contributed by atoms with Crippen molar-refractivity contribution in [2.24, 2.45) is 0 Å². The Kier molecular flexibility index (Phi) is 3.80. The lowest BCUT2D eigenvalue weighted by Gasteiger charge is -2.27. The van der Waals surface area contributed by atoms with Gasteiger partial charge < -0.3 is 5.32 Å². The summed E-state index contributed by atoms with van der Waals surface area (Å²) in [4.78, 5) is 0. The number of sulfonamides is 1. The van der Waals surface area contributed by atoms with E-state index in [-0.39, 0.29) is 11.1 Å². The van der Waals surface area contributed by atoms with Crippen molar-refractivity contribution < 1.29 is 8.42 Å². The molecule has 7 heteroatoms. The second-order valence-electron chi connectivity index (χ2n) is 4.35. The van der Waals surface area contributed by atoms with Crippen LogP contribution < -0.4 is 5.32 Å². The zero-order valence-electron chi connectivity index (χ0n) is 9.89. The second kappa shape index (κ2) is 5.16. The first-order valence-electron chi connectivity index (χ1n) is 5.80. The molecular weight excluding hydrogens is 240 g/mol. The summed E-state index contributed by atoms with van der Waals surface area (Å²) in [6.07, 6.45) is 4.81. The average molecular weight is 258 g/mol. The molecule has 1 atom stereocenters. The lowest BCUT2D eigenvalue weighted by Crippen LogP contribution is -2.44. The number of hydrogen-bond donors (Lipinski definition) is 2. The van der Waals surface area contributed by atoms with E-state index < -0.39 is 10.0 Å². The molecule has 2 rings (SSSR count). The van der Waals surface area contributed by atoms with Gasteiger partial charge in [-0.05, 0) is 25.5 Å². The van der Waals surface area contributed by atoms with Gasteiger partial charge in [-0.25, -0.2) is 8.42 Å². The molecule has 1 saturated heterocycles. The highest BCUT2D eigenvalue weighted by molar-refractivity contribution is 7.89. The van der Waals surface area contributed by atoms with E-state index in [0.29, 0.717) is 6.54 Å². The van der Waals surface area contributed by atoms with Gasteiger partial charge in [0, 0.05) is 19.6 Å². The SMILES string of the molecule is CN(CC1CCCCN1)S(=O)(=O)c1ccn[nH]1. The van der Waals surface area contributed by atoms with Gasteiger partial charge in [-0.1, -0.05) is 6.42 Å². The molecule has 2 N–H and O–H groups in total. The minimum absolute atomic E-state index is 0.149. The highest BCUT2D eigenvalue weighted by atomic mass is 32.2. The molecule has 96 valence electrons. The number of rotatable bonds is 4. The quantitative estimate of drug-likeness (QED) is 0.807. The largest absolute Gasteiger partial charge is 0.313 e. The Morgan fingerprint density at radius 2 is 2.35 bits per heavy atom. The molecule has 6 nitrogen and oxygen atoms in total. The molecular formula is C10H18N4O2S. The van der Waals surface area contributed by atoms with Crippen molar-refractivity contribution in [3.63, 3.8) is 0 Å². The van der Waals surface area contributed by atoms with E-state index in [1.54, 1.807) is 7.05 Å². The summed E-state index contributed by atoms with van der Waals surface area (Å²) in [5.74, 6) is 0.